The second kappa shape index (κ2) is 6.01. The van der Waals surface area contributed by atoms with Crippen LogP contribution in [0.1, 0.15) is 34.7 Å². The highest BCUT2D eigenvalue weighted by Gasteiger charge is 2.11. The number of carbonyl (C=O) groups is 1. The van der Waals surface area contributed by atoms with Crippen LogP contribution >= 0.6 is 0 Å². The summed E-state index contributed by atoms with van der Waals surface area (Å²) in [6.45, 7) is 3.89. The van der Waals surface area contributed by atoms with Gasteiger partial charge in [0.2, 0.25) is 0 Å². The van der Waals surface area contributed by atoms with Crippen molar-refractivity contribution in [1.82, 2.24) is 14.9 Å². The molecule has 0 radical (unpaired) electrons. The molecule has 0 amide bonds. The van der Waals surface area contributed by atoms with Crippen molar-refractivity contribution in [3.05, 3.63) is 47.3 Å². The van der Waals surface area contributed by atoms with E-state index in [0.717, 1.165) is 5.56 Å². The summed E-state index contributed by atoms with van der Waals surface area (Å²) in [5.74, 6) is -0.601. The minimum atomic E-state index is -1.04. The van der Waals surface area contributed by atoms with Crippen molar-refractivity contribution in [2.24, 2.45) is 0 Å². The topological polar surface area (TPSA) is 66.3 Å². The highest BCUT2D eigenvalue weighted by Crippen LogP contribution is 2.22. The van der Waals surface area contributed by atoms with Gasteiger partial charge in [-0.3, -0.25) is 0 Å². The lowest BCUT2D eigenvalue weighted by atomic mass is 10.1. The molecule has 0 saturated heterocycles. The fourth-order valence-electron chi connectivity index (χ4n) is 2.02. The van der Waals surface area contributed by atoms with E-state index < -0.39 is 5.97 Å². The van der Waals surface area contributed by atoms with Crippen molar-refractivity contribution >= 4 is 5.97 Å². The van der Waals surface area contributed by atoms with Crippen LogP contribution in [0.2, 0.25) is 0 Å². The second-order valence-corrected chi connectivity index (χ2v) is 5.28. The molecular weight excluding hydrogens is 266 g/mol. The van der Waals surface area contributed by atoms with Gasteiger partial charge in [0, 0.05) is 17.3 Å². The molecule has 5 heteroatoms. The van der Waals surface area contributed by atoms with Crippen molar-refractivity contribution in [1.29, 1.82) is 0 Å². The molecule has 5 nitrogen and oxygen atoms in total. The van der Waals surface area contributed by atoms with Crippen LogP contribution in [-0.2, 0) is 0 Å². The lowest BCUT2D eigenvalue weighted by molar-refractivity contribution is 0.0690. The van der Waals surface area contributed by atoms with Gasteiger partial charge in [-0.25, -0.2) is 14.8 Å². The molecule has 110 valence electrons. The van der Waals surface area contributed by atoms with Crippen molar-refractivity contribution in [2.75, 3.05) is 14.1 Å². The molecule has 0 aliphatic carbocycles. The van der Waals surface area contributed by atoms with Gasteiger partial charge in [-0.1, -0.05) is 24.3 Å². The second-order valence-electron chi connectivity index (χ2n) is 5.28. The van der Waals surface area contributed by atoms with Crippen LogP contribution in [0.3, 0.4) is 0 Å². The van der Waals surface area contributed by atoms with E-state index in [1.54, 1.807) is 6.92 Å². The Labute approximate surface area is 124 Å². The van der Waals surface area contributed by atoms with E-state index in [1.807, 2.05) is 38.4 Å². The van der Waals surface area contributed by atoms with Crippen LogP contribution in [0.15, 0.2) is 30.3 Å². The molecule has 1 atom stereocenters. The van der Waals surface area contributed by atoms with Gasteiger partial charge in [0.25, 0.3) is 0 Å². The first kappa shape index (κ1) is 15.1. The summed E-state index contributed by atoms with van der Waals surface area (Å²) in [5, 5.41) is 9.06. The smallest absolute Gasteiger partial charge is 0.354 e. The zero-order valence-corrected chi connectivity index (χ0v) is 12.7. The highest BCUT2D eigenvalue weighted by atomic mass is 16.4. The average molecular weight is 285 g/mol. The number of aromatic nitrogens is 2. The molecule has 1 aromatic heterocycles. The molecule has 1 heterocycles. The van der Waals surface area contributed by atoms with Crippen molar-refractivity contribution in [2.45, 2.75) is 19.9 Å². The van der Waals surface area contributed by atoms with Gasteiger partial charge in [-0.05, 0) is 39.6 Å². The van der Waals surface area contributed by atoms with Gasteiger partial charge in [-0.2, -0.15) is 0 Å². The number of hydrogen-bond donors (Lipinski definition) is 1. The first-order valence-corrected chi connectivity index (χ1v) is 6.74. The maximum atomic E-state index is 11.1. The van der Waals surface area contributed by atoms with Crippen LogP contribution < -0.4 is 0 Å². The number of carboxylic acid groups (broad SMARTS) is 1. The third-order valence-corrected chi connectivity index (χ3v) is 3.50. The van der Waals surface area contributed by atoms with E-state index in [1.165, 1.54) is 11.6 Å². The van der Waals surface area contributed by atoms with Gasteiger partial charge in [0.15, 0.2) is 11.5 Å². The largest absolute Gasteiger partial charge is 0.477 e. The number of hydrogen-bond acceptors (Lipinski definition) is 4. The number of aryl methyl sites for hydroxylation is 1. The Balaban J connectivity index is 2.37. The monoisotopic (exact) mass is 285 g/mol. The first-order valence-electron chi connectivity index (χ1n) is 6.74. The number of benzene rings is 1. The van der Waals surface area contributed by atoms with Crippen LogP contribution in [0.5, 0.6) is 0 Å². The fraction of sp³-hybridized carbons (Fsp3) is 0.312. The Bertz CT molecular complexity index is 651. The molecule has 0 bridgehead atoms. The van der Waals surface area contributed by atoms with Gasteiger partial charge in [0.1, 0.15) is 0 Å². The fourth-order valence-corrected chi connectivity index (χ4v) is 2.02. The van der Waals surface area contributed by atoms with Crippen molar-refractivity contribution in [3.63, 3.8) is 0 Å². The minimum absolute atomic E-state index is 0.0169. The predicted molar refractivity (Wildman–Crippen MR) is 81.3 cm³/mol. The molecule has 0 unspecified atom stereocenters. The van der Waals surface area contributed by atoms with Gasteiger partial charge < -0.3 is 10.0 Å². The molecule has 1 aromatic carbocycles. The van der Waals surface area contributed by atoms with Crippen molar-refractivity contribution < 1.29 is 9.90 Å². The Morgan fingerprint density at radius 2 is 1.81 bits per heavy atom. The molecule has 21 heavy (non-hydrogen) atoms. The normalized spacial score (nSPS) is 12.4. The SMILES string of the molecule is Cc1cc(C(=O)O)nc(-c2ccc([C@H](C)N(C)C)cc2)n1. The van der Waals surface area contributed by atoms with Crippen LogP contribution in [0, 0.1) is 6.92 Å². The summed E-state index contributed by atoms with van der Waals surface area (Å²) in [5.41, 5.74) is 2.66. The molecule has 1 N–H and O–H groups in total. The Kier molecular flexibility index (Phi) is 4.33. The van der Waals surface area contributed by atoms with Crippen LogP contribution in [0.25, 0.3) is 11.4 Å². The molecule has 0 aliphatic rings. The molecule has 0 spiro atoms. The highest BCUT2D eigenvalue weighted by molar-refractivity contribution is 5.86. The molecule has 2 rings (SSSR count). The van der Waals surface area contributed by atoms with E-state index in [2.05, 4.69) is 21.8 Å². The summed E-state index contributed by atoms with van der Waals surface area (Å²) in [6, 6.07) is 9.67. The third kappa shape index (κ3) is 3.44. The number of rotatable bonds is 4. The van der Waals surface area contributed by atoms with Crippen molar-refractivity contribution in [3.8, 4) is 11.4 Å². The third-order valence-electron chi connectivity index (χ3n) is 3.50. The van der Waals surface area contributed by atoms with Gasteiger partial charge in [-0.15, -0.1) is 0 Å². The van der Waals surface area contributed by atoms with E-state index in [-0.39, 0.29) is 5.69 Å². The molecule has 0 saturated carbocycles. The average Bonchev–Trinajstić information content (AvgIpc) is 2.45. The summed E-state index contributed by atoms with van der Waals surface area (Å²) >= 11 is 0. The van der Waals surface area contributed by atoms with E-state index >= 15 is 0 Å². The Morgan fingerprint density at radius 3 is 2.33 bits per heavy atom. The molecular formula is C16H19N3O2. The molecule has 2 aromatic rings. The Hall–Kier alpha value is -2.27. The number of carboxylic acids is 1. The van der Waals surface area contributed by atoms with Gasteiger partial charge >= 0.3 is 5.97 Å². The van der Waals surface area contributed by atoms with E-state index in [9.17, 15) is 4.79 Å². The Morgan fingerprint density at radius 1 is 1.19 bits per heavy atom. The van der Waals surface area contributed by atoms with E-state index in [0.29, 0.717) is 17.6 Å². The van der Waals surface area contributed by atoms with Crippen LogP contribution in [0.4, 0.5) is 0 Å². The van der Waals surface area contributed by atoms with E-state index in [4.69, 9.17) is 5.11 Å². The minimum Gasteiger partial charge on any atom is -0.477 e. The lowest BCUT2D eigenvalue weighted by Gasteiger charge is -2.20. The maximum absolute atomic E-state index is 11.1. The van der Waals surface area contributed by atoms with Gasteiger partial charge in [0.05, 0.1) is 0 Å². The standard InChI is InChI=1S/C16H19N3O2/c1-10-9-14(16(20)21)18-15(17-10)13-7-5-12(6-8-13)11(2)19(3)4/h5-9,11H,1-4H3,(H,20,21)/t11-/m0/s1. The summed E-state index contributed by atoms with van der Waals surface area (Å²) in [6.07, 6.45) is 0. The quantitative estimate of drug-likeness (QED) is 0.935. The lowest BCUT2D eigenvalue weighted by Crippen LogP contribution is -2.16. The molecule has 0 fully saturated rings. The molecule has 0 aliphatic heterocycles. The first-order chi connectivity index (χ1) is 9.88. The van der Waals surface area contributed by atoms with Crippen LogP contribution in [-0.4, -0.2) is 40.0 Å². The summed E-state index contributed by atoms with van der Waals surface area (Å²) < 4.78 is 0. The number of nitrogens with zero attached hydrogens (tertiary/aromatic N) is 3. The zero-order chi connectivity index (χ0) is 15.6. The predicted octanol–water partition coefficient (Wildman–Crippen LogP) is 2.77. The maximum Gasteiger partial charge on any atom is 0.354 e. The number of aromatic carboxylic acids is 1. The zero-order valence-electron chi connectivity index (χ0n) is 12.7. The summed E-state index contributed by atoms with van der Waals surface area (Å²) in [7, 11) is 4.06. The summed E-state index contributed by atoms with van der Waals surface area (Å²) in [4.78, 5) is 21.6.